The Bertz CT molecular complexity index is 188. The van der Waals surface area contributed by atoms with Crippen LogP contribution in [-0.4, -0.2) is 11.9 Å². The first-order valence-corrected chi connectivity index (χ1v) is 4.46. The van der Waals surface area contributed by atoms with Crippen molar-refractivity contribution in [3.05, 3.63) is 0 Å². The summed E-state index contributed by atoms with van der Waals surface area (Å²) in [4.78, 5) is 10.7. The average molecular weight is 167 g/mol. The van der Waals surface area contributed by atoms with Gasteiger partial charge in [0.25, 0.3) is 0 Å². The first-order valence-electron chi connectivity index (χ1n) is 4.46. The monoisotopic (exact) mass is 167 g/mol. The summed E-state index contributed by atoms with van der Waals surface area (Å²) in [6, 6.07) is 0.0362. The van der Waals surface area contributed by atoms with E-state index in [0.29, 0.717) is 0 Å². The number of nitrogens with one attached hydrogen (secondary N) is 1. The first kappa shape index (κ1) is 11.0. The fourth-order valence-electron chi connectivity index (χ4n) is 0.806. The van der Waals surface area contributed by atoms with E-state index < -0.39 is 0 Å². The number of amides is 1. The molecular weight excluding hydrogens is 150 g/mol. The molecule has 0 bridgehead atoms. The molecule has 0 aliphatic carbocycles. The number of hydrogen-bond acceptors (Lipinski definition) is 1. The van der Waals surface area contributed by atoms with Gasteiger partial charge in [0.05, 0.1) is 6.04 Å². The van der Waals surface area contributed by atoms with E-state index in [9.17, 15) is 4.79 Å². The van der Waals surface area contributed by atoms with E-state index in [4.69, 9.17) is 0 Å². The molecule has 68 valence electrons. The van der Waals surface area contributed by atoms with Gasteiger partial charge in [-0.1, -0.05) is 19.8 Å². The van der Waals surface area contributed by atoms with Crippen molar-refractivity contribution in [2.24, 2.45) is 0 Å². The van der Waals surface area contributed by atoms with Crippen molar-refractivity contribution < 1.29 is 4.79 Å². The highest BCUT2D eigenvalue weighted by Crippen LogP contribution is 1.89. The molecule has 1 unspecified atom stereocenters. The standard InChI is InChI=1S/C10H17NO/c1-4-6-7-8-10(5-2)11-9(3)12/h10H,4-6H2,1-3H3,(H,11,12). The second kappa shape index (κ2) is 6.72. The van der Waals surface area contributed by atoms with E-state index in [1.165, 1.54) is 6.92 Å². The molecule has 0 saturated heterocycles. The van der Waals surface area contributed by atoms with Crippen LogP contribution in [0.5, 0.6) is 0 Å². The van der Waals surface area contributed by atoms with Gasteiger partial charge in [-0.25, -0.2) is 0 Å². The van der Waals surface area contributed by atoms with Crippen molar-refractivity contribution in [1.29, 1.82) is 0 Å². The molecular formula is C10H17NO. The zero-order chi connectivity index (χ0) is 9.40. The van der Waals surface area contributed by atoms with Crippen LogP contribution >= 0.6 is 0 Å². The lowest BCUT2D eigenvalue weighted by atomic mass is 10.2. The summed E-state index contributed by atoms with van der Waals surface area (Å²) < 4.78 is 0. The van der Waals surface area contributed by atoms with Crippen molar-refractivity contribution in [2.45, 2.75) is 46.1 Å². The van der Waals surface area contributed by atoms with Gasteiger partial charge in [-0.15, -0.1) is 5.92 Å². The molecule has 1 atom stereocenters. The van der Waals surface area contributed by atoms with E-state index in [1.807, 2.05) is 6.92 Å². The maximum absolute atomic E-state index is 10.7. The summed E-state index contributed by atoms with van der Waals surface area (Å²) in [6.45, 7) is 5.62. The van der Waals surface area contributed by atoms with E-state index in [2.05, 4.69) is 24.1 Å². The minimum Gasteiger partial charge on any atom is -0.343 e. The molecule has 0 aliphatic heterocycles. The van der Waals surface area contributed by atoms with Crippen LogP contribution < -0.4 is 5.32 Å². The largest absolute Gasteiger partial charge is 0.343 e. The lowest BCUT2D eigenvalue weighted by Crippen LogP contribution is -2.31. The normalized spacial score (nSPS) is 11.2. The predicted molar refractivity (Wildman–Crippen MR) is 50.6 cm³/mol. The summed E-state index contributed by atoms with van der Waals surface area (Å²) in [5.74, 6) is 6.04. The molecule has 0 radical (unpaired) electrons. The zero-order valence-electron chi connectivity index (χ0n) is 8.11. The maximum atomic E-state index is 10.7. The second-order valence-electron chi connectivity index (χ2n) is 2.73. The Morgan fingerprint density at radius 3 is 2.58 bits per heavy atom. The van der Waals surface area contributed by atoms with Crippen molar-refractivity contribution in [2.75, 3.05) is 0 Å². The van der Waals surface area contributed by atoms with Gasteiger partial charge in [0.2, 0.25) is 5.91 Å². The Kier molecular flexibility index (Phi) is 6.18. The lowest BCUT2D eigenvalue weighted by molar-refractivity contribution is -0.119. The smallest absolute Gasteiger partial charge is 0.217 e. The highest BCUT2D eigenvalue weighted by atomic mass is 16.1. The zero-order valence-corrected chi connectivity index (χ0v) is 8.11. The third kappa shape index (κ3) is 5.79. The van der Waals surface area contributed by atoms with Crippen LogP contribution in [0.15, 0.2) is 0 Å². The van der Waals surface area contributed by atoms with Crippen LogP contribution in [-0.2, 0) is 4.79 Å². The molecule has 12 heavy (non-hydrogen) atoms. The molecule has 0 aromatic rings. The van der Waals surface area contributed by atoms with Crippen molar-refractivity contribution in [1.82, 2.24) is 5.32 Å². The van der Waals surface area contributed by atoms with Crippen molar-refractivity contribution in [3.63, 3.8) is 0 Å². The fraction of sp³-hybridized carbons (Fsp3) is 0.700. The number of hydrogen-bond donors (Lipinski definition) is 1. The molecule has 0 heterocycles. The second-order valence-corrected chi connectivity index (χ2v) is 2.73. The van der Waals surface area contributed by atoms with E-state index in [-0.39, 0.29) is 11.9 Å². The van der Waals surface area contributed by atoms with Gasteiger partial charge < -0.3 is 5.32 Å². The molecule has 1 amide bonds. The Morgan fingerprint density at radius 2 is 2.17 bits per heavy atom. The minimum absolute atomic E-state index is 0.00681. The third-order valence-corrected chi connectivity index (χ3v) is 1.44. The van der Waals surface area contributed by atoms with Crippen LogP contribution in [0, 0.1) is 11.8 Å². The summed E-state index contributed by atoms with van der Waals surface area (Å²) in [7, 11) is 0. The molecule has 1 N–H and O–H groups in total. The summed E-state index contributed by atoms with van der Waals surface area (Å²) in [6.07, 6.45) is 2.86. The van der Waals surface area contributed by atoms with Gasteiger partial charge in [0.1, 0.15) is 0 Å². The summed E-state index contributed by atoms with van der Waals surface area (Å²) in [5.41, 5.74) is 0. The highest BCUT2D eigenvalue weighted by Gasteiger charge is 2.01. The van der Waals surface area contributed by atoms with E-state index in [0.717, 1.165) is 19.3 Å². The van der Waals surface area contributed by atoms with E-state index >= 15 is 0 Å². The minimum atomic E-state index is -0.00681. The number of carbonyl (C=O) groups is 1. The Morgan fingerprint density at radius 1 is 1.50 bits per heavy atom. The molecule has 2 nitrogen and oxygen atoms in total. The van der Waals surface area contributed by atoms with Crippen LogP contribution in [0.4, 0.5) is 0 Å². The lowest BCUT2D eigenvalue weighted by Gasteiger charge is -2.07. The predicted octanol–water partition coefficient (Wildman–Crippen LogP) is 1.70. The highest BCUT2D eigenvalue weighted by molar-refractivity contribution is 5.73. The van der Waals surface area contributed by atoms with Gasteiger partial charge in [-0.2, -0.15) is 0 Å². The van der Waals surface area contributed by atoms with Crippen LogP contribution in [0.3, 0.4) is 0 Å². The molecule has 0 saturated carbocycles. The van der Waals surface area contributed by atoms with Crippen LogP contribution in [0.25, 0.3) is 0 Å². The van der Waals surface area contributed by atoms with Crippen molar-refractivity contribution >= 4 is 5.91 Å². The summed E-state index contributed by atoms with van der Waals surface area (Å²) in [5, 5.41) is 2.78. The topological polar surface area (TPSA) is 29.1 Å². The van der Waals surface area contributed by atoms with Gasteiger partial charge in [0.15, 0.2) is 0 Å². The quantitative estimate of drug-likeness (QED) is 0.637. The molecule has 0 aromatic heterocycles. The van der Waals surface area contributed by atoms with Crippen LogP contribution in [0.2, 0.25) is 0 Å². The number of rotatable bonds is 3. The molecule has 2 heteroatoms. The van der Waals surface area contributed by atoms with E-state index in [1.54, 1.807) is 0 Å². The number of carbonyl (C=O) groups excluding carboxylic acids is 1. The third-order valence-electron chi connectivity index (χ3n) is 1.44. The SMILES string of the molecule is CCCC#CC(CC)NC(C)=O. The summed E-state index contributed by atoms with van der Waals surface area (Å²) >= 11 is 0. The van der Waals surface area contributed by atoms with Gasteiger partial charge in [0, 0.05) is 13.3 Å². The fourth-order valence-corrected chi connectivity index (χ4v) is 0.806. The maximum Gasteiger partial charge on any atom is 0.217 e. The Labute approximate surface area is 74.7 Å². The molecule has 0 aromatic carbocycles. The van der Waals surface area contributed by atoms with Crippen LogP contribution in [0.1, 0.15) is 40.0 Å². The molecule has 0 spiro atoms. The van der Waals surface area contributed by atoms with Gasteiger partial charge in [-0.3, -0.25) is 4.79 Å². The van der Waals surface area contributed by atoms with Gasteiger partial charge in [-0.05, 0) is 12.8 Å². The molecule has 0 rings (SSSR count). The Balaban J connectivity index is 3.84. The first-order chi connectivity index (χ1) is 5.70. The average Bonchev–Trinajstić information content (AvgIpc) is 2.02. The molecule has 0 aliphatic rings. The van der Waals surface area contributed by atoms with Gasteiger partial charge >= 0.3 is 0 Å². The van der Waals surface area contributed by atoms with Crippen molar-refractivity contribution in [3.8, 4) is 11.8 Å². The number of unbranched alkanes of at least 4 members (excludes halogenated alkanes) is 1. The Hall–Kier alpha value is -0.970. The molecule has 0 fully saturated rings.